The Bertz CT molecular complexity index is 1310. The van der Waals surface area contributed by atoms with Crippen LogP contribution >= 0.6 is 0 Å². The predicted molar refractivity (Wildman–Crippen MR) is 129 cm³/mol. The molecule has 0 saturated carbocycles. The van der Waals surface area contributed by atoms with Gasteiger partial charge < -0.3 is 15.4 Å². The van der Waals surface area contributed by atoms with Crippen LogP contribution in [0.5, 0.6) is 5.88 Å². The summed E-state index contributed by atoms with van der Waals surface area (Å²) in [5.41, 5.74) is 0.674. The molecular formula is C24H29N5O5. The quantitative estimate of drug-likeness (QED) is 0.496. The van der Waals surface area contributed by atoms with Crippen molar-refractivity contribution < 1.29 is 14.3 Å². The lowest BCUT2D eigenvalue weighted by molar-refractivity contribution is -0.116. The number of amides is 2. The summed E-state index contributed by atoms with van der Waals surface area (Å²) in [6, 6.07) is 8.15. The van der Waals surface area contributed by atoms with Crippen LogP contribution in [-0.4, -0.2) is 39.6 Å². The van der Waals surface area contributed by atoms with Crippen LogP contribution in [0.1, 0.15) is 37.6 Å². The number of carbonyl (C=O) groups excluding carboxylic acids is 2. The molecule has 0 spiro atoms. The number of aromatic nitrogens is 3. The maximum atomic E-state index is 12.8. The Balaban J connectivity index is 1.64. The average Bonchev–Trinajstić information content (AvgIpc) is 2.83. The van der Waals surface area contributed by atoms with E-state index in [1.54, 1.807) is 37.3 Å². The molecule has 180 valence electrons. The molecule has 2 amide bonds. The van der Waals surface area contributed by atoms with Crippen LogP contribution in [0.25, 0.3) is 10.9 Å². The van der Waals surface area contributed by atoms with Gasteiger partial charge in [0, 0.05) is 44.0 Å². The molecule has 0 saturated heterocycles. The SMILES string of the molecule is CCn1c(=O)c2cc(NC(=O)CC(C)CNC(=O)c3ccc(OC)nc3)ccc2n(CC)c1=O. The summed E-state index contributed by atoms with van der Waals surface area (Å²) in [5.74, 6) is -0.238. The number of aryl methyl sites for hydroxylation is 1. The lowest BCUT2D eigenvalue weighted by atomic mass is 10.1. The first-order valence-corrected chi connectivity index (χ1v) is 11.1. The molecule has 0 aliphatic rings. The lowest BCUT2D eigenvalue weighted by Crippen LogP contribution is -2.39. The van der Waals surface area contributed by atoms with Crippen LogP contribution < -0.4 is 26.6 Å². The van der Waals surface area contributed by atoms with E-state index in [-0.39, 0.29) is 41.9 Å². The minimum absolute atomic E-state index is 0.127. The molecule has 34 heavy (non-hydrogen) atoms. The molecule has 3 rings (SSSR count). The average molecular weight is 468 g/mol. The van der Waals surface area contributed by atoms with Gasteiger partial charge in [-0.3, -0.25) is 23.5 Å². The topological polar surface area (TPSA) is 124 Å². The van der Waals surface area contributed by atoms with E-state index < -0.39 is 0 Å². The molecule has 2 N–H and O–H groups in total. The van der Waals surface area contributed by atoms with Crippen molar-refractivity contribution in [3.8, 4) is 5.88 Å². The maximum Gasteiger partial charge on any atom is 0.331 e. The number of hydrogen-bond acceptors (Lipinski definition) is 6. The zero-order chi connectivity index (χ0) is 24.8. The number of hydrogen-bond donors (Lipinski definition) is 2. The predicted octanol–water partition coefficient (Wildman–Crippen LogP) is 2.00. The minimum Gasteiger partial charge on any atom is -0.481 e. The smallest absolute Gasteiger partial charge is 0.331 e. The fourth-order valence-electron chi connectivity index (χ4n) is 3.69. The van der Waals surface area contributed by atoms with Crippen LogP contribution in [-0.2, 0) is 17.9 Å². The largest absolute Gasteiger partial charge is 0.481 e. The van der Waals surface area contributed by atoms with Gasteiger partial charge in [0.2, 0.25) is 11.8 Å². The molecule has 2 heterocycles. The van der Waals surface area contributed by atoms with E-state index in [9.17, 15) is 19.2 Å². The third kappa shape index (κ3) is 5.33. The molecule has 0 aliphatic carbocycles. The Labute approximate surface area is 196 Å². The van der Waals surface area contributed by atoms with Gasteiger partial charge in [-0.1, -0.05) is 6.92 Å². The number of nitrogens with one attached hydrogen (secondary N) is 2. The second-order valence-electron chi connectivity index (χ2n) is 7.96. The summed E-state index contributed by atoms with van der Waals surface area (Å²) in [5, 5.41) is 5.96. The van der Waals surface area contributed by atoms with Gasteiger partial charge in [-0.15, -0.1) is 0 Å². The van der Waals surface area contributed by atoms with Gasteiger partial charge in [0.05, 0.1) is 23.6 Å². The monoisotopic (exact) mass is 467 g/mol. The summed E-state index contributed by atoms with van der Waals surface area (Å²) >= 11 is 0. The molecule has 2 aromatic heterocycles. The molecule has 0 aliphatic heterocycles. The minimum atomic E-state index is -0.382. The van der Waals surface area contributed by atoms with E-state index in [4.69, 9.17) is 4.74 Å². The van der Waals surface area contributed by atoms with Gasteiger partial charge in [0.15, 0.2) is 0 Å². The van der Waals surface area contributed by atoms with Crippen molar-refractivity contribution in [3.63, 3.8) is 0 Å². The highest BCUT2D eigenvalue weighted by Gasteiger charge is 2.15. The third-order valence-electron chi connectivity index (χ3n) is 5.49. The summed E-state index contributed by atoms with van der Waals surface area (Å²) < 4.78 is 7.69. The van der Waals surface area contributed by atoms with Gasteiger partial charge in [-0.2, -0.15) is 0 Å². The highest BCUT2D eigenvalue weighted by atomic mass is 16.5. The van der Waals surface area contributed by atoms with Crippen LogP contribution in [0, 0.1) is 5.92 Å². The van der Waals surface area contributed by atoms with E-state index in [1.807, 2.05) is 13.8 Å². The van der Waals surface area contributed by atoms with Gasteiger partial charge >= 0.3 is 5.69 Å². The highest BCUT2D eigenvalue weighted by Crippen LogP contribution is 2.16. The molecule has 0 fully saturated rings. The number of carbonyl (C=O) groups is 2. The number of fused-ring (bicyclic) bond motifs is 1. The molecule has 1 atom stereocenters. The summed E-state index contributed by atoms with van der Waals surface area (Å²) in [7, 11) is 1.50. The van der Waals surface area contributed by atoms with Crippen molar-refractivity contribution in [2.45, 2.75) is 40.3 Å². The first-order valence-electron chi connectivity index (χ1n) is 11.1. The highest BCUT2D eigenvalue weighted by molar-refractivity contribution is 5.95. The molecule has 3 aromatic rings. The molecule has 10 heteroatoms. The number of rotatable bonds is 9. The first kappa shape index (κ1) is 24.7. The van der Waals surface area contributed by atoms with Crippen molar-refractivity contribution in [2.75, 3.05) is 19.0 Å². The van der Waals surface area contributed by atoms with Gasteiger partial charge in [-0.05, 0) is 44.0 Å². The molecular weight excluding hydrogens is 438 g/mol. The standard InChI is InChI=1S/C24H29N5O5/c1-5-28-19-9-8-17(12-18(19)23(32)29(6-2)24(28)33)27-20(30)11-15(3)13-26-22(31)16-7-10-21(34-4)25-14-16/h7-10,12,14-15H,5-6,11,13H2,1-4H3,(H,26,31)(H,27,30). The number of nitrogens with zero attached hydrogens (tertiary/aromatic N) is 3. The fraction of sp³-hybridized carbons (Fsp3) is 0.375. The molecule has 1 unspecified atom stereocenters. The van der Waals surface area contributed by atoms with Gasteiger partial charge in [0.25, 0.3) is 11.5 Å². The number of anilines is 1. The zero-order valence-electron chi connectivity index (χ0n) is 19.8. The Kier molecular flexibility index (Phi) is 7.83. The summed E-state index contributed by atoms with van der Waals surface area (Å²) in [4.78, 5) is 54.1. The molecule has 0 radical (unpaired) electrons. The van der Waals surface area contributed by atoms with Crippen LogP contribution in [0.15, 0.2) is 46.1 Å². The number of pyridine rings is 1. The Hall–Kier alpha value is -3.95. The second-order valence-corrected chi connectivity index (χ2v) is 7.96. The van der Waals surface area contributed by atoms with Crippen molar-refractivity contribution in [1.29, 1.82) is 0 Å². The molecule has 10 nitrogen and oxygen atoms in total. The van der Waals surface area contributed by atoms with Crippen molar-refractivity contribution in [3.05, 3.63) is 62.9 Å². The zero-order valence-corrected chi connectivity index (χ0v) is 19.8. The lowest BCUT2D eigenvalue weighted by Gasteiger charge is -2.14. The van der Waals surface area contributed by atoms with Crippen LogP contribution in [0.4, 0.5) is 5.69 Å². The fourth-order valence-corrected chi connectivity index (χ4v) is 3.69. The van der Waals surface area contributed by atoms with E-state index in [0.717, 1.165) is 0 Å². The van der Waals surface area contributed by atoms with Crippen LogP contribution in [0.3, 0.4) is 0 Å². The maximum absolute atomic E-state index is 12.8. The number of methoxy groups -OCH3 is 1. The van der Waals surface area contributed by atoms with Crippen molar-refractivity contribution in [1.82, 2.24) is 19.4 Å². The van der Waals surface area contributed by atoms with Crippen molar-refractivity contribution >= 4 is 28.4 Å². The molecule has 1 aromatic carbocycles. The number of benzene rings is 1. The normalized spacial score (nSPS) is 11.8. The van der Waals surface area contributed by atoms with Gasteiger partial charge in [0.1, 0.15) is 0 Å². The van der Waals surface area contributed by atoms with Crippen LogP contribution in [0.2, 0.25) is 0 Å². The van der Waals surface area contributed by atoms with E-state index in [1.165, 1.54) is 22.4 Å². The van der Waals surface area contributed by atoms with E-state index in [2.05, 4.69) is 15.6 Å². The summed E-state index contributed by atoms with van der Waals surface area (Å²) in [6.45, 7) is 6.43. The van der Waals surface area contributed by atoms with Crippen molar-refractivity contribution in [2.24, 2.45) is 5.92 Å². The summed E-state index contributed by atoms with van der Waals surface area (Å²) in [6.07, 6.45) is 1.60. The third-order valence-corrected chi connectivity index (χ3v) is 5.49. The van der Waals surface area contributed by atoms with E-state index >= 15 is 0 Å². The first-order chi connectivity index (χ1) is 16.3. The Morgan fingerprint density at radius 1 is 1.09 bits per heavy atom. The van der Waals surface area contributed by atoms with Gasteiger partial charge in [-0.25, -0.2) is 9.78 Å². The Morgan fingerprint density at radius 3 is 2.44 bits per heavy atom. The Morgan fingerprint density at radius 2 is 1.82 bits per heavy atom. The molecule has 0 bridgehead atoms. The number of ether oxygens (including phenoxy) is 1. The second kappa shape index (κ2) is 10.8. The van der Waals surface area contributed by atoms with E-state index in [0.29, 0.717) is 41.1 Å².